The normalized spacial score (nSPS) is 18.1. The zero-order valence-electron chi connectivity index (χ0n) is 6.23. The van der Waals surface area contributed by atoms with Crippen molar-refractivity contribution >= 4 is 5.91 Å². The van der Waals surface area contributed by atoms with E-state index >= 15 is 0 Å². The third-order valence-electron chi connectivity index (χ3n) is 1.95. The van der Waals surface area contributed by atoms with Crippen LogP contribution in [-0.2, 0) is 4.79 Å². The van der Waals surface area contributed by atoms with Gasteiger partial charge in [-0.25, -0.2) is 0 Å². The molecular formula is C8H14NO. The van der Waals surface area contributed by atoms with Crippen LogP contribution in [0.15, 0.2) is 0 Å². The minimum Gasteiger partial charge on any atom is -0.356 e. The van der Waals surface area contributed by atoms with Crippen LogP contribution < -0.4 is 5.32 Å². The number of amides is 1. The van der Waals surface area contributed by atoms with Gasteiger partial charge in [-0.2, -0.15) is 0 Å². The molecule has 0 atom stereocenters. The summed E-state index contributed by atoms with van der Waals surface area (Å²) in [5.41, 5.74) is 0. The van der Waals surface area contributed by atoms with E-state index in [0.29, 0.717) is 5.92 Å². The van der Waals surface area contributed by atoms with Crippen LogP contribution in [0.3, 0.4) is 0 Å². The van der Waals surface area contributed by atoms with Crippen LogP contribution in [0.4, 0.5) is 0 Å². The Kier molecular flexibility index (Phi) is 2.72. The summed E-state index contributed by atoms with van der Waals surface area (Å²) in [5, 5.41) is 2.83. The summed E-state index contributed by atoms with van der Waals surface area (Å²) in [7, 11) is 0. The number of hydrogen-bond donors (Lipinski definition) is 1. The summed E-state index contributed by atoms with van der Waals surface area (Å²) >= 11 is 0. The molecule has 0 saturated heterocycles. The van der Waals surface area contributed by atoms with Crippen molar-refractivity contribution in [3.63, 3.8) is 0 Å². The molecule has 0 heterocycles. The SMILES string of the molecule is [CH2]CCNC(=O)C1CCC1. The van der Waals surface area contributed by atoms with Crippen molar-refractivity contribution in [3.8, 4) is 0 Å². The summed E-state index contributed by atoms with van der Waals surface area (Å²) in [4.78, 5) is 11.0. The molecule has 57 valence electrons. The van der Waals surface area contributed by atoms with Gasteiger partial charge < -0.3 is 5.32 Å². The average molecular weight is 140 g/mol. The van der Waals surface area contributed by atoms with Crippen molar-refractivity contribution in [3.05, 3.63) is 6.92 Å². The maximum absolute atomic E-state index is 11.0. The van der Waals surface area contributed by atoms with Gasteiger partial charge in [0.2, 0.25) is 5.91 Å². The van der Waals surface area contributed by atoms with Gasteiger partial charge in [-0.3, -0.25) is 4.79 Å². The van der Waals surface area contributed by atoms with E-state index in [1.807, 2.05) is 0 Å². The molecule has 1 rings (SSSR count). The van der Waals surface area contributed by atoms with Gasteiger partial charge in [-0.1, -0.05) is 13.3 Å². The molecule has 1 saturated carbocycles. The largest absolute Gasteiger partial charge is 0.356 e. The molecule has 1 aliphatic rings. The molecule has 2 nitrogen and oxygen atoms in total. The van der Waals surface area contributed by atoms with E-state index in [2.05, 4.69) is 12.2 Å². The van der Waals surface area contributed by atoms with Crippen LogP contribution in [0.2, 0.25) is 0 Å². The second kappa shape index (κ2) is 3.59. The van der Waals surface area contributed by atoms with Gasteiger partial charge in [0.05, 0.1) is 0 Å². The van der Waals surface area contributed by atoms with E-state index in [9.17, 15) is 4.79 Å². The lowest BCUT2D eigenvalue weighted by molar-refractivity contribution is -0.127. The molecule has 0 unspecified atom stereocenters. The van der Waals surface area contributed by atoms with Gasteiger partial charge in [-0.05, 0) is 19.3 Å². The Morgan fingerprint density at radius 3 is 2.70 bits per heavy atom. The molecule has 1 aliphatic carbocycles. The van der Waals surface area contributed by atoms with Crippen LogP contribution in [0.25, 0.3) is 0 Å². The minimum absolute atomic E-state index is 0.231. The third kappa shape index (κ3) is 1.72. The van der Waals surface area contributed by atoms with E-state index in [0.717, 1.165) is 25.8 Å². The predicted octanol–water partition coefficient (Wildman–Crippen LogP) is 1.13. The fourth-order valence-corrected chi connectivity index (χ4v) is 1.03. The predicted molar refractivity (Wildman–Crippen MR) is 40.3 cm³/mol. The van der Waals surface area contributed by atoms with Crippen LogP contribution in [-0.4, -0.2) is 12.5 Å². The molecule has 1 radical (unpaired) electrons. The Morgan fingerprint density at radius 1 is 1.60 bits per heavy atom. The topological polar surface area (TPSA) is 29.1 Å². The Morgan fingerprint density at radius 2 is 2.30 bits per heavy atom. The number of carbonyl (C=O) groups excluding carboxylic acids is 1. The maximum Gasteiger partial charge on any atom is 0.223 e. The fraction of sp³-hybridized carbons (Fsp3) is 0.750. The van der Waals surface area contributed by atoms with Crippen molar-refractivity contribution in [2.45, 2.75) is 25.7 Å². The maximum atomic E-state index is 11.0. The number of hydrogen-bond acceptors (Lipinski definition) is 1. The van der Waals surface area contributed by atoms with Gasteiger partial charge in [0.15, 0.2) is 0 Å². The summed E-state index contributed by atoms with van der Waals surface area (Å²) in [6.45, 7) is 4.38. The molecule has 0 aliphatic heterocycles. The average Bonchev–Trinajstić information content (AvgIpc) is 1.79. The summed E-state index contributed by atoms with van der Waals surface area (Å²) in [5.74, 6) is 0.557. The number of carbonyl (C=O) groups is 1. The molecule has 0 aromatic carbocycles. The highest BCUT2D eigenvalue weighted by Crippen LogP contribution is 2.25. The standard InChI is InChI=1S/C8H14NO/c1-2-6-9-8(10)7-4-3-5-7/h7H,1-6H2,(H,9,10). The van der Waals surface area contributed by atoms with Crippen LogP contribution >= 0.6 is 0 Å². The van der Waals surface area contributed by atoms with Gasteiger partial charge >= 0.3 is 0 Å². The molecular weight excluding hydrogens is 126 g/mol. The lowest BCUT2D eigenvalue weighted by Gasteiger charge is -2.23. The lowest BCUT2D eigenvalue weighted by Crippen LogP contribution is -2.34. The van der Waals surface area contributed by atoms with Gasteiger partial charge in [0.1, 0.15) is 0 Å². The van der Waals surface area contributed by atoms with Crippen molar-refractivity contribution in [1.82, 2.24) is 5.32 Å². The Balaban J connectivity index is 2.08. The highest BCUT2D eigenvalue weighted by Gasteiger charge is 2.24. The van der Waals surface area contributed by atoms with E-state index in [4.69, 9.17) is 0 Å². The highest BCUT2D eigenvalue weighted by atomic mass is 16.1. The van der Waals surface area contributed by atoms with Crippen molar-refractivity contribution in [1.29, 1.82) is 0 Å². The first-order valence-corrected chi connectivity index (χ1v) is 3.91. The molecule has 1 fully saturated rings. The molecule has 2 heteroatoms. The monoisotopic (exact) mass is 140 g/mol. The summed E-state index contributed by atoms with van der Waals surface area (Å²) in [6.07, 6.45) is 4.19. The second-order valence-corrected chi connectivity index (χ2v) is 2.77. The third-order valence-corrected chi connectivity index (χ3v) is 1.95. The molecule has 1 N–H and O–H groups in total. The van der Waals surface area contributed by atoms with E-state index in [1.165, 1.54) is 6.42 Å². The Bertz CT molecular complexity index is 118. The van der Waals surface area contributed by atoms with Crippen molar-refractivity contribution in [2.75, 3.05) is 6.54 Å². The summed E-state index contributed by atoms with van der Waals surface area (Å²) in [6, 6.07) is 0. The van der Waals surface area contributed by atoms with Crippen molar-refractivity contribution < 1.29 is 4.79 Å². The first-order chi connectivity index (χ1) is 4.84. The first kappa shape index (κ1) is 7.58. The van der Waals surface area contributed by atoms with Gasteiger partial charge in [0.25, 0.3) is 0 Å². The molecule has 0 aromatic heterocycles. The van der Waals surface area contributed by atoms with E-state index < -0.39 is 0 Å². The first-order valence-electron chi connectivity index (χ1n) is 3.91. The number of rotatable bonds is 3. The van der Waals surface area contributed by atoms with Gasteiger partial charge in [-0.15, -0.1) is 0 Å². The smallest absolute Gasteiger partial charge is 0.223 e. The quantitative estimate of drug-likeness (QED) is 0.625. The molecule has 10 heavy (non-hydrogen) atoms. The zero-order valence-corrected chi connectivity index (χ0v) is 6.23. The fourth-order valence-electron chi connectivity index (χ4n) is 1.03. The Labute approximate surface area is 62.0 Å². The summed E-state index contributed by atoms with van der Waals surface area (Å²) < 4.78 is 0. The highest BCUT2D eigenvalue weighted by molar-refractivity contribution is 5.79. The molecule has 1 amide bonds. The lowest BCUT2D eigenvalue weighted by atomic mass is 9.85. The molecule has 0 aromatic rings. The van der Waals surface area contributed by atoms with E-state index in [-0.39, 0.29) is 5.91 Å². The minimum atomic E-state index is 0.231. The Hall–Kier alpha value is -0.530. The van der Waals surface area contributed by atoms with Crippen LogP contribution in [0, 0.1) is 12.8 Å². The zero-order chi connectivity index (χ0) is 7.40. The molecule has 0 spiro atoms. The van der Waals surface area contributed by atoms with Crippen LogP contribution in [0.1, 0.15) is 25.7 Å². The number of nitrogens with one attached hydrogen (secondary N) is 1. The van der Waals surface area contributed by atoms with Crippen molar-refractivity contribution in [2.24, 2.45) is 5.92 Å². The van der Waals surface area contributed by atoms with E-state index in [1.54, 1.807) is 0 Å². The van der Waals surface area contributed by atoms with Gasteiger partial charge in [0, 0.05) is 12.5 Å². The van der Waals surface area contributed by atoms with Crippen LogP contribution in [0.5, 0.6) is 0 Å². The second-order valence-electron chi connectivity index (χ2n) is 2.77. The molecule has 0 bridgehead atoms.